The van der Waals surface area contributed by atoms with Crippen LogP contribution in [0, 0.1) is 5.92 Å². The number of sulfonamides is 1. The topological polar surface area (TPSA) is 94.2 Å². The zero-order valence-electron chi connectivity index (χ0n) is 17.6. The summed E-state index contributed by atoms with van der Waals surface area (Å²) in [5.74, 6) is 0.190. The Hall–Kier alpha value is -1.84. The molecule has 1 aliphatic rings. The largest absolute Gasteiger partial charge is 0.497 e. The number of carbonyl (C=O) groups is 1. The van der Waals surface area contributed by atoms with Crippen molar-refractivity contribution in [2.75, 3.05) is 40.5 Å². The van der Waals surface area contributed by atoms with Gasteiger partial charge < -0.3 is 19.5 Å². The van der Waals surface area contributed by atoms with Crippen LogP contribution in [0.4, 0.5) is 0 Å². The third-order valence-electron chi connectivity index (χ3n) is 4.82. The summed E-state index contributed by atoms with van der Waals surface area (Å²) in [6, 6.07) is 4.67. The van der Waals surface area contributed by atoms with Gasteiger partial charge in [0.2, 0.25) is 15.9 Å². The van der Waals surface area contributed by atoms with Gasteiger partial charge in [0.25, 0.3) is 0 Å². The molecule has 8 nitrogen and oxygen atoms in total. The van der Waals surface area contributed by atoms with Crippen molar-refractivity contribution in [1.82, 2.24) is 9.62 Å². The van der Waals surface area contributed by atoms with E-state index in [1.54, 1.807) is 12.1 Å². The Morgan fingerprint density at radius 1 is 1.28 bits per heavy atom. The highest BCUT2D eigenvalue weighted by Crippen LogP contribution is 2.32. The van der Waals surface area contributed by atoms with Gasteiger partial charge in [0.15, 0.2) is 0 Å². The van der Waals surface area contributed by atoms with E-state index in [0.717, 1.165) is 6.42 Å². The second kappa shape index (κ2) is 10.8. The van der Waals surface area contributed by atoms with Gasteiger partial charge >= 0.3 is 0 Å². The van der Waals surface area contributed by atoms with Crippen LogP contribution in [-0.2, 0) is 19.6 Å². The average molecular weight is 429 g/mol. The van der Waals surface area contributed by atoms with Gasteiger partial charge in [-0.1, -0.05) is 0 Å². The lowest BCUT2D eigenvalue weighted by Crippen LogP contribution is -2.45. The van der Waals surface area contributed by atoms with E-state index >= 15 is 0 Å². The smallest absolute Gasteiger partial charge is 0.246 e. The first-order valence-electron chi connectivity index (χ1n) is 9.91. The van der Waals surface area contributed by atoms with Crippen LogP contribution >= 0.6 is 0 Å². The SMILES string of the molecule is COc1ccc(OC)c(S(=O)(=O)N2CCC[C@@H](C(=O)NCCCOC(C)C)C2)c1. The van der Waals surface area contributed by atoms with Gasteiger partial charge in [0.1, 0.15) is 16.4 Å². The molecule has 1 fully saturated rings. The number of amides is 1. The Balaban J connectivity index is 2.03. The molecule has 1 aliphatic heterocycles. The minimum atomic E-state index is -3.81. The van der Waals surface area contributed by atoms with Crippen LogP contribution < -0.4 is 14.8 Å². The summed E-state index contributed by atoms with van der Waals surface area (Å²) in [6.45, 7) is 5.54. The van der Waals surface area contributed by atoms with Crippen molar-refractivity contribution in [3.8, 4) is 11.5 Å². The Labute approximate surface area is 173 Å². The molecule has 9 heteroatoms. The predicted octanol–water partition coefficient (Wildman–Crippen LogP) is 2.04. The van der Waals surface area contributed by atoms with E-state index in [1.807, 2.05) is 13.8 Å². The number of piperidine rings is 1. The quantitative estimate of drug-likeness (QED) is 0.573. The van der Waals surface area contributed by atoms with Gasteiger partial charge in [-0.3, -0.25) is 4.79 Å². The first-order chi connectivity index (χ1) is 13.8. The van der Waals surface area contributed by atoms with Crippen LogP contribution in [0.25, 0.3) is 0 Å². The lowest BCUT2D eigenvalue weighted by atomic mass is 9.99. The molecule has 1 aromatic carbocycles. The molecule has 0 saturated carbocycles. The predicted molar refractivity (Wildman–Crippen MR) is 110 cm³/mol. The fourth-order valence-corrected chi connectivity index (χ4v) is 4.94. The molecular weight excluding hydrogens is 396 g/mol. The van der Waals surface area contributed by atoms with Gasteiger partial charge in [0.05, 0.1) is 26.2 Å². The summed E-state index contributed by atoms with van der Waals surface area (Å²) in [5, 5.41) is 2.89. The monoisotopic (exact) mass is 428 g/mol. The summed E-state index contributed by atoms with van der Waals surface area (Å²) in [7, 11) is -0.909. The zero-order valence-corrected chi connectivity index (χ0v) is 18.5. The molecule has 1 atom stereocenters. The van der Waals surface area contributed by atoms with Gasteiger partial charge in [-0.25, -0.2) is 8.42 Å². The molecule has 1 amide bonds. The van der Waals surface area contributed by atoms with Crippen molar-refractivity contribution in [3.63, 3.8) is 0 Å². The van der Waals surface area contributed by atoms with Gasteiger partial charge in [-0.05, 0) is 45.2 Å². The first kappa shape index (κ1) is 23.4. The lowest BCUT2D eigenvalue weighted by molar-refractivity contribution is -0.126. The number of benzene rings is 1. The van der Waals surface area contributed by atoms with E-state index in [4.69, 9.17) is 14.2 Å². The van der Waals surface area contributed by atoms with Crippen molar-refractivity contribution in [1.29, 1.82) is 0 Å². The number of methoxy groups -OCH3 is 2. The molecule has 1 saturated heterocycles. The Bertz CT molecular complexity index is 781. The standard InChI is InChI=1S/C20H32N2O6S/c1-15(2)28-12-6-10-21-20(23)16-7-5-11-22(14-16)29(24,25)19-13-17(26-3)8-9-18(19)27-4/h8-9,13,15-16H,5-7,10-12,14H2,1-4H3,(H,21,23)/t16-/m1/s1. The number of nitrogens with one attached hydrogen (secondary N) is 1. The maximum atomic E-state index is 13.2. The van der Waals surface area contributed by atoms with Gasteiger partial charge in [0, 0.05) is 32.3 Å². The first-order valence-corrected chi connectivity index (χ1v) is 11.3. The van der Waals surface area contributed by atoms with E-state index in [-0.39, 0.29) is 35.1 Å². The fourth-order valence-electron chi connectivity index (χ4n) is 3.25. The van der Waals surface area contributed by atoms with E-state index in [1.165, 1.54) is 24.6 Å². The molecule has 29 heavy (non-hydrogen) atoms. The molecule has 1 aromatic rings. The molecule has 0 aromatic heterocycles. The summed E-state index contributed by atoms with van der Waals surface area (Å²) in [4.78, 5) is 12.6. The number of ether oxygens (including phenoxy) is 3. The molecule has 1 heterocycles. The van der Waals surface area contributed by atoms with Crippen LogP contribution in [0.2, 0.25) is 0 Å². The van der Waals surface area contributed by atoms with E-state index < -0.39 is 10.0 Å². The zero-order chi connectivity index (χ0) is 21.4. The van der Waals surface area contributed by atoms with Crippen molar-refractivity contribution in [2.24, 2.45) is 5.92 Å². The average Bonchev–Trinajstić information content (AvgIpc) is 2.72. The van der Waals surface area contributed by atoms with Crippen LogP contribution in [0.5, 0.6) is 11.5 Å². The summed E-state index contributed by atoms with van der Waals surface area (Å²) >= 11 is 0. The number of hydrogen-bond acceptors (Lipinski definition) is 6. The minimum absolute atomic E-state index is 0.0474. The van der Waals surface area contributed by atoms with Gasteiger partial charge in [-0.2, -0.15) is 4.31 Å². The maximum absolute atomic E-state index is 13.2. The number of nitrogens with zero attached hydrogens (tertiary/aromatic N) is 1. The highest BCUT2D eigenvalue weighted by atomic mass is 32.2. The Morgan fingerprint density at radius 2 is 2.03 bits per heavy atom. The summed E-state index contributed by atoms with van der Waals surface area (Å²) < 4.78 is 43.6. The van der Waals surface area contributed by atoms with Crippen molar-refractivity contribution in [3.05, 3.63) is 18.2 Å². The van der Waals surface area contributed by atoms with E-state index in [2.05, 4.69) is 5.32 Å². The molecule has 0 radical (unpaired) electrons. The van der Waals surface area contributed by atoms with Crippen molar-refractivity contribution in [2.45, 2.75) is 44.1 Å². The highest BCUT2D eigenvalue weighted by molar-refractivity contribution is 7.89. The van der Waals surface area contributed by atoms with Crippen LogP contribution in [0.3, 0.4) is 0 Å². The molecule has 0 bridgehead atoms. The Morgan fingerprint density at radius 3 is 2.69 bits per heavy atom. The molecule has 0 unspecified atom stereocenters. The maximum Gasteiger partial charge on any atom is 0.246 e. The normalized spacial score (nSPS) is 17.9. The minimum Gasteiger partial charge on any atom is -0.497 e. The number of carbonyl (C=O) groups excluding carboxylic acids is 1. The number of rotatable bonds is 10. The van der Waals surface area contributed by atoms with E-state index in [0.29, 0.717) is 38.3 Å². The second-order valence-electron chi connectivity index (χ2n) is 7.28. The third kappa shape index (κ3) is 6.32. The lowest BCUT2D eigenvalue weighted by Gasteiger charge is -2.31. The van der Waals surface area contributed by atoms with Crippen LogP contribution in [-0.4, -0.2) is 65.2 Å². The molecule has 0 spiro atoms. The Kier molecular flexibility index (Phi) is 8.73. The molecular formula is C20H32N2O6S. The molecule has 164 valence electrons. The second-order valence-corrected chi connectivity index (χ2v) is 9.19. The van der Waals surface area contributed by atoms with Crippen LogP contribution in [0.15, 0.2) is 23.1 Å². The highest BCUT2D eigenvalue weighted by Gasteiger charge is 2.35. The van der Waals surface area contributed by atoms with Gasteiger partial charge in [-0.15, -0.1) is 0 Å². The van der Waals surface area contributed by atoms with Crippen molar-refractivity contribution >= 4 is 15.9 Å². The molecule has 2 rings (SSSR count). The third-order valence-corrected chi connectivity index (χ3v) is 6.70. The van der Waals surface area contributed by atoms with E-state index in [9.17, 15) is 13.2 Å². The molecule has 0 aliphatic carbocycles. The fraction of sp³-hybridized carbons (Fsp3) is 0.650. The summed E-state index contributed by atoms with van der Waals surface area (Å²) in [6.07, 6.45) is 2.17. The molecule has 1 N–H and O–H groups in total. The van der Waals surface area contributed by atoms with Crippen molar-refractivity contribution < 1.29 is 27.4 Å². The number of hydrogen-bond donors (Lipinski definition) is 1. The van der Waals surface area contributed by atoms with Crippen LogP contribution in [0.1, 0.15) is 33.1 Å². The summed E-state index contributed by atoms with van der Waals surface area (Å²) in [5.41, 5.74) is 0.